The number of aliphatic hydroxyl groups is 2. The van der Waals surface area contributed by atoms with Crippen LogP contribution >= 0.6 is 0 Å². The zero-order valence-electron chi connectivity index (χ0n) is 29.5. The SMILES string of the molecule is CC[NH+](CC)CCN=Cc1cc([N+](=O)[O-])ccc1[O-].CC[NH+](CC)CCN=Cc1cc([N+](=O)[O-])ccc1[O-].CO.CO.O=[N+]([O-])[O-].O=[N+]([O-])[O-].[Zn+2]. The van der Waals surface area contributed by atoms with E-state index in [1.807, 2.05) is 0 Å². The van der Waals surface area contributed by atoms with E-state index in [0.717, 1.165) is 53.5 Å². The van der Waals surface area contributed by atoms with E-state index in [2.05, 4.69) is 37.7 Å². The van der Waals surface area contributed by atoms with Gasteiger partial charge in [-0.2, -0.15) is 0 Å². The number of hydrogen-bond acceptors (Lipinski definition) is 16. The van der Waals surface area contributed by atoms with Gasteiger partial charge in [0.1, 0.15) is 0 Å². The van der Waals surface area contributed by atoms with E-state index in [9.17, 15) is 30.4 Å². The van der Waals surface area contributed by atoms with Crippen molar-refractivity contribution in [2.24, 2.45) is 9.98 Å². The molecule has 0 aromatic heterocycles. The van der Waals surface area contributed by atoms with Crippen LogP contribution in [0.2, 0.25) is 0 Å². The number of aliphatic imine (C=N–C) groups is 2. The Balaban J connectivity index is -0.000000208. The van der Waals surface area contributed by atoms with Gasteiger partial charge in [0.25, 0.3) is 11.4 Å². The van der Waals surface area contributed by atoms with E-state index in [1.54, 1.807) is 0 Å². The van der Waals surface area contributed by atoms with E-state index in [1.165, 1.54) is 58.6 Å². The van der Waals surface area contributed by atoms with Gasteiger partial charge in [0.15, 0.2) is 0 Å². The van der Waals surface area contributed by atoms with E-state index < -0.39 is 20.0 Å². The van der Waals surface area contributed by atoms with Crippen LogP contribution in [0.25, 0.3) is 0 Å². The number of aliphatic hydroxyl groups excluding tert-OH is 2. The Bertz CT molecular complexity index is 1190. The van der Waals surface area contributed by atoms with Gasteiger partial charge in [-0.25, -0.2) is 0 Å². The third kappa shape index (κ3) is 32.0. The summed E-state index contributed by atoms with van der Waals surface area (Å²) < 4.78 is 0. The quantitative estimate of drug-likeness (QED) is 0.0754. The first-order chi connectivity index (χ1) is 23.6. The summed E-state index contributed by atoms with van der Waals surface area (Å²) in [5, 5.41) is 87.8. The topological polar surface area (TPSA) is 339 Å². The third-order valence-corrected chi connectivity index (χ3v) is 6.06. The minimum absolute atomic E-state index is 0. The Morgan fingerprint density at radius 3 is 1.06 bits per heavy atom. The van der Waals surface area contributed by atoms with Gasteiger partial charge in [-0.15, -0.1) is 0 Å². The molecule has 284 valence electrons. The molecule has 0 heterocycles. The molecule has 2 aromatic carbocycles. The average Bonchev–Trinajstić information content (AvgIpc) is 3.07. The first-order valence-electron chi connectivity index (χ1n) is 14.7. The Morgan fingerprint density at radius 1 is 0.588 bits per heavy atom. The van der Waals surface area contributed by atoms with E-state index >= 15 is 0 Å². The molecule has 4 N–H and O–H groups in total. The van der Waals surface area contributed by atoms with Crippen molar-refractivity contribution in [1.82, 2.24) is 0 Å². The largest absolute Gasteiger partial charge is 2.00 e. The number of nitro groups is 2. The van der Waals surface area contributed by atoms with Gasteiger partial charge < -0.3 is 60.9 Å². The molecule has 2 aromatic rings. The second-order valence-corrected chi connectivity index (χ2v) is 8.89. The van der Waals surface area contributed by atoms with Crippen molar-refractivity contribution in [2.75, 3.05) is 66.6 Å². The van der Waals surface area contributed by atoms with Crippen LogP contribution in [0.4, 0.5) is 11.4 Å². The molecular weight excluding hydrogens is 738 g/mol. The summed E-state index contributed by atoms with van der Waals surface area (Å²) in [6.45, 7) is 15.6. The molecule has 0 saturated heterocycles. The maximum atomic E-state index is 11.5. The second kappa shape index (κ2) is 36.3. The maximum Gasteiger partial charge on any atom is 2.00 e. The summed E-state index contributed by atoms with van der Waals surface area (Å²) in [7, 11) is 2.00. The van der Waals surface area contributed by atoms with Crippen LogP contribution in [0.15, 0.2) is 46.4 Å². The fraction of sp³-hybridized carbons (Fsp3) is 0.500. The molecule has 23 heteroatoms. The number of quaternary nitrogens is 2. The van der Waals surface area contributed by atoms with Crippen LogP contribution in [0.1, 0.15) is 38.8 Å². The molecule has 22 nitrogen and oxygen atoms in total. The molecule has 51 heavy (non-hydrogen) atoms. The van der Waals surface area contributed by atoms with Crippen molar-refractivity contribution in [3.63, 3.8) is 0 Å². The van der Waals surface area contributed by atoms with Gasteiger partial charge in [-0.1, -0.05) is 23.6 Å². The summed E-state index contributed by atoms with van der Waals surface area (Å²) in [6, 6.07) is 7.34. The van der Waals surface area contributed by atoms with Crippen LogP contribution in [0.3, 0.4) is 0 Å². The van der Waals surface area contributed by atoms with Crippen molar-refractivity contribution in [2.45, 2.75) is 27.7 Å². The zero-order valence-corrected chi connectivity index (χ0v) is 32.4. The predicted octanol–water partition coefficient (Wildman–Crippen LogP) is -1.24. The van der Waals surface area contributed by atoms with E-state index in [4.69, 9.17) is 40.9 Å². The van der Waals surface area contributed by atoms with Gasteiger partial charge >= 0.3 is 19.5 Å². The van der Waals surface area contributed by atoms with Crippen molar-refractivity contribution in [3.05, 3.63) is 98.4 Å². The van der Waals surface area contributed by atoms with Crippen LogP contribution in [0, 0.1) is 50.9 Å². The van der Waals surface area contributed by atoms with Crippen LogP contribution in [0.5, 0.6) is 11.5 Å². The van der Waals surface area contributed by atoms with Crippen molar-refractivity contribution >= 4 is 23.8 Å². The summed E-state index contributed by atoms with van der Waals surface area (Å²) in [5.74, 6) is -0.492. The Morgan fingerprint density at radius 2 is 0.843 bits per heavy atom. The third-order valence-electron chi connectivity index (χ3n) is 6.06. The summed E-state index contributed by atoms with van der Waals surface area (Å²) in [6.07, 6.45) is 2.86. The summed E-state index contributed by atoms with van der Waals surface area (Å²) in [5.41, 5.74) is 0.360. The molecule has 2 rings (SSSR count). The van der Waals surface area contributed by atoms with E-state index in [-0.39, 0.29) is 53.5 Å². The minimum atomic E-state index is -1.75. The predicted molar refractivity (Wildman–Crippen MR) is 181 cm³/mol. The number of non-ortho nitro benzene ring substituents is 2. The van der Waals surface area contributed by atoms with Crippen molar-refractivity contribution in [3.8, 4) is 11.5 Å². The number of rotatable bonds is 14. The standard InChI is InChI=1S/2C13H19N3O3.2CH4O.2NO3.Zn/c2*1-3-15(4-2)8-7-14-10-11-9-12(16(18)19)5-6-13(11)17;2*1-2;2*2-1(3)4;/h2*5-6,9-10,17H,3-4,7-8H2,1-2H3;2*2H,1H3;;;/q;;;;2*-1;+2. The number of benzene rings is 2. The summed E-state index contributed by atoms with van der Waals surface area (Å²) >= 11 is 0. The number of nitro benzene ring substituents is 2. The van der Waals surface area contributed by atoms with Gasteiger partial charge in [0.2, 0.25) is 0 Å². The maximum absolute atomic E-state index is 11.5. The Kier molecular flexibility index (Phi) is 39.5. The molecule has 0 amide bonds. The van der Waals surface area contributed by atoms with Gasteiger partial charge in [-0.05, 0) is 38.8 Å². The van der Waals surface area contributed by atoms with Crippen molar-refractivity contribution in [1.29, 1.82) is 0 Å². The first kappa shape index (κ1) is 55.5. The molecule has 0 spiro atoms. The monoisotopic (exact) mass is 782 g/mol. The van der Waals surface area contributed by atoms with Gasteiger partial charge in [0, 0.05) is 50.9 Å². The first-order valence-corrected chi connectivity index (χ1v) is 14.7. The molecule has 0 bridgehead atoms. The molecular formula is C28H46N8O14Zn. The van der Waals surface area contributed by atoms with Crippen molar-refractivity contribution < 1.29 is 69.7 Å². The molecule has 0 fully saturated rings. The van der Waals surface area contributed by atoms with E-state index in [0.29, 0.717) is 13.1 Å². The van der Waals surface area contributed by atoms with Gasteiger partial charge in [0.05, 0.1) is 72.4 Å². The average molecular weight is 784 g/mol. The fourth-order valence-electron chi connectivity index (χ4n) is 3.48. The molecule has 0 atom stereocenters. The van der Waals surface area contributed by atoms with Gasteiger partial charge in [-0.3, -0.25) is 30.2 Å². The van der Waals surface area contributed by atoms with Crippen LogP contribution in [-0.4, -0.2) is 109 Å². The van der Waals surface area contributed by atoms with Crippen LogP contribution in [-0.2, 0) is 19.5 Å². The number of hydrogen-bond donors (Lipinski definition) is 4. The Hall–Kier alpha value is -4.96. The normalized spacial score (nSPS) is 9.61. The fourth-order valence-corrected chi connectivity index (χ4v) is 3.48. The molecule has 0 aliphatic carbocycles. The molecule has 0 saturated carbocycles. The second-order valence-electron chi connectivity index (χ2n) is 8.89. The summed E-state index contributed by atoms with van der Waals surface area (Å²) in [4.78, 5) is 47.9. The number of nitrogens with zero attached hydrogens (tertiary/aromatic N) is 6. The van der Waals surface area contributed by atoms with Crippen LogP contribution < -0.4 is 20.0 Å². The molecule has 0 radical (unpaired) electrons. The Labute approximate surface area is 307 Å². The zero-order chi connectivity index (χ0) is 39.7. The number of nitrogens with one attached hydrogen (secondary N) is 2. The smallest absolute Gasteiger partial charge is 0.872 e. The molecule has 0 aliphatic rings. The number of likely N-dealkylation sites (N-methyl/N-ethyl adjacent to an activating group) is 2. The minimum Gasteiger partial charge on any atom is -0.872 e. The molecule has 0 aliphatic heterocycles. The molecule has 0 unspecified atom stereocenters.